The van der Waals surface area contributed by atoms with Gasteiger partial charge < -0.3 is 14.6 Å². The Kier molecular flexibility index (Phi) is 5.55. The fraction of sp³-hybridized carbons (Fsp3) is 0.267. The van der Waals surface area contributed by atoms with E-state index in [-0.39, 0.29) is 22.8 Å². The number of nitrogens with one attached hydrogen (secondary N) is 1. The molecule has 0 bridgehead atoms. The summed E-state index contributed by atoms with van der Waals surface area (Å²) in [7, 11) is -4.22. The fourth-order valence-corrected chi connectivity index (χ4v) is 3.66. The summed E-state index contributed by atoms with van der Waals surface area (Å²) in [5.41, 5.74) is 0.230. The molecular weight excluding hydrogens is 352 g/mol. The minimum Gasteiger partial charge on any atom is -0.481 e. The van der Waals surface area contributed by atoms with Gasteiger partial charge in [-0.05, 0) is 12.1 Å². The Morgan fingerprint density at radius 2 is 2.04 bits per heavy atom. The molecule has 0 amide bonds. The van der Waals surface area contributed by atoms with Crippen molar-refractivity contribution in [3.8, 4) is 0 Å². The van der Waals surface area contributed by atoms with Crippen LogP contribution >= 0.6 is 0 Å². The summed E-state index contributed by atoms with van der Waals surface area (Å²) >= 11 is 0. The van der Waals surface area contributed by atoms with Crippen molar-refractivity contribution in [3.05, 3.63) is 47.7 Å². The third-order valence-corrected chi connectivity index (χ3v) is 4.83. The molecule has 2 aromatic rings. The SMILES string of the molecule is CCc1oc(C(=O)O)cc1S(=O)(=O)NC(CC(=O)O)c1ccccn1. The number of aliphatic carboxylic acids is 1. The molecule has 0 spiro atoms. The number of pyridine rings is 1. The molecular formula is C15H16N2O7S. The summed E-state index contributed by atoms with van der Waals surface area (Å²) < 4.78 is 32.5. The highest BCUT2D eigenvalue weighted by atomic mass is 32.2. The second kappa shape index (κ2) is 7.45. The van der Waals surface area contributed by atoms with Crippen LogP contribution in [0.15, 0.2) is 39.8 Å². The zero-order chi connectivity index (χ0) is 18.6. The smallest absolute Gasteiger partial charge is 0.371 e. The number of aromatic carboxylic acids is 1. The topological polar surface area (TPSA) is 147 Å². The first-order valence-electron chi connectivity index (χ1n) is 7.25. The molecule has 0 fully saturated rings. The van der Waals surface area contributed by atoms with E-state index in [1.54, 1.807) is 19.1 Å². The highest BCUT2D eigenvalue weighted by molar-refractivity contribution is 7.89. The summed E-state index contributed by atoms with van der Waals surface area (Å²) in [5, 5.41) is 18.0. The highest BCUT2D eigenvalue weighted by Crippen LogP contribution is 2.24. The average molecular weight is 368 g/mol. The molecule has 25 heavy (non-hydrogen) atoms. The Hall–Kier alpha value is -2.72. The van der Waals surface area contributed by atoms with Crippen LogP contribution in [0.4, 0.5) is 0 Å². The van der Waals surface area contributed by atoms with E-state index >= 15 is 0 Å². The number of carboxylic acid groups (broad SMARTS) is 2. The molecule has 2 heterocycles. The van der Waals surface area contributed by atoms with Gasteiger partial charge in [0.05, 0.1) is 18.2 Å². The zero-order valence-electron chi connectivity index (χ0n) is 13.2. The van der Waals surface area contributed by atoms with E-state index in [9.17, 15) is 18.0 Å². The van der Waals surface area contributed by atoms with Crippen LogP contribution in [0.3, 0.4) is 0 Å². The minimum atomic E-state index is -4.22. The number of hydrogen-bond donors (Lipinski definition) is 3. The van der Waals surface area contributed by atoms with Gasteiger partial charge in [-0.1, -0.05) is 13.0 Å². The van der Waals surface area contributed by atoms with Crippen LogP contribution in [0.25, 0.3) is 0 Å². The number of nitrogens with zero attached hydrogens (tertiary/aromatic N) is 1. The van der Waals surface area contributed by atoms with E-state index in [1.165, 1.54) is 12.3 Å². The maximum Gasteiger partial charge on any atom is 0.371 e. The molecule has 0 aliphatic rings. The molecule has 3 N–H and O–H groups in total. The number of aromatic nitrogens is 1. The minimum absolute atomic E-state index is 0.0278. The summed E-state index contributed by atoms with van der Waals surface area (Å²) in [6.07, 6.45) is 1.04. The Bertz CT molecular complexity index is 875. The maximum atomic E-state index is 12.6. The van der Waals surface area contributed by atoms with Gasteiger partial charge in [-0.2, -0.15) is 0 Å². The van der Waals surface area contributed by atoms with Crippen LogP contribution in [0.1, 0.15) is 41.4 Å². The molecule has 0 saturated heterocycles. The van der Waals surface area contributed by atoms with Crippen molar-refractivity contribution in [1.82, 2.24) is 9.71 Å². The predicted molar refractivity (Wildman–Crippen MR) is 84.6 cm³/mol. The Balaban J connectivity index is 2.41. The normalized spacial score (nSPS) is 12.7. The molecule has 1 unspecified atom stereocenters. The lowest BCUT2D eigenvalue weighted by molar-refractivity contribution is -0.137. The van der Waals surface area contributed by atoms with Crippen molar-refractivity contribution in [2.75, 3.05) is 0 Å². The van der Waals surface area contributed by atoms with Gasteiger partial charge in [-0.3, -0.25) is 9.78 Å². The third-order valence-electron chi connectivity index (χ3n) is 3.31. The van der Waals surface area contributed by atoms with Crippen LogP contribution < -0.4 is 4.72 Å². The number of furan rings is 1. The Labute approximate surface area is 143 Å². The first kappa shape index (κ1) is 18.6. The number of carbonyl (C=O) groups is 2. The van der Waals surface area contributed by atoms with Crippen LogP contribution in [-0.2, 0) is 21.2 Å². The zero-order valence-corrected chi connectivity index (χ0v) is 14.0. The fourth-order valence-electron chi connectivity index (χ4n) is 2.21. The van der Waals surface area contributed by atoms with Gasteiger partial charge in [0, 0.05) is 18.7 Å². The predicted octanol–water partition coefficient (Wildman–Crippen LogP) is 1.43. The van der Waals surface area contributed by atoms with Crippen LogP contribution in [0.5, 0.6) is 0 Å². The summed E-state index contributed by atoms with van der Waals surface area (Å²) in [6, 6.07) is 4.50. The van der Waals surface area contributed by atoms with E-state index in [4.69, 9.17) is 14.6 Å². The number of hydrogen-bond acceptors (Lipinski definition) is 6. The van der Waals surface area contributed by atoms with Crippen molar-refractivity contribution < 1.29 is 32.6 Å². The molecule has 0 aliphatic carbocycles. The van der Waals surface area contributed by atoms with Crippen molar-refractivity contribution in [1.29, 1.82) is 0 Å². The molecule has 0 aliphatic heterocycles. The lowest BCUT2D eigenvalue weighted by Crippen LogP contribution is -2.31. The van der Waals surface area contributed by atoms with Crippen molar-refractivity contribution in [2.24, 2.45) is 0 Å². The van der Waals surface area contributed by atoms with Gasteiger partial charge in [-0.15, -0.1) is 0 Å². The van der Waals surface area contributed by atoms with Crippen LogP contribution in [-0.4, -0.2) is 35.6 Å². The first-order valence-corrected chi connectivity index (χ1v) is 8.74. The Morgan fingerprint density at radius 3 is 2.56 bits per heavy atom. The number of sulfonamides is 1. The largest absolute Gasteiger partial charge is 0.481 e. The molecule has 0 radical (unpaired) electrons. The molecule has 9 nitrogen and oxygen atoms in total. The molecule has 1 atom stereocenters. The second-order valence-electron chi connectivity index (χ2n) is 5.08. The van der Waals surface area contributed by atoms with Gasteiger partial charge in [0.25, 0.3) is 0 Å². The summed E-state index contributed by atoms with van der Waals surface area (Å²) in [4.78, 5) is 25.7. The van der Waals surface area contributed by atoms with Crippen LogP contribution in [0, 0.1) is 0 Å². The quantitative estimate of drug-likeness (QED) is 0.634. The van der Waals surface area contributed by atoms with E-state index in [1.807, 2.05) is 0 Å². The second-order valence-corrected chi connectivity index (χ2v) is 6.77. The number of carboxylic acids is 2. The Morgan fingerprint density at radius 1 is 1.32 bits per heavy atom. The average Bonchev–Trinajstić information content (AvgIpc) is 3.00. The van der Waals surface area contributed by atoms with Crippen molar-refractivity contribution in [2.45, 2.75) is 30.7 Å². The molecule has 0 saturated carbocycles. The van der Waals surface area contributed by atoms with Crippen molar-refractivity contribution in [3.63, 3.8) is 0 Å². The number of rotatable bonds is 8. The third kappa shape index (κ3) is 4.43. The molecule has 134 valence electrons. The van der Waals surface area contributed by atoms with E-state index in [0.29, 0.717) is 0 Å². The molecule has 10 heteroatoms. The molecule has 2 aromatic heterocycles. The maximum absolute atomic E-state index is 12.6. The van der Waals surface area contributed by atoms with Crippen molar-refractivity contribution >= 4 is 22.0 Å². The molecule has 0 aromatic carbocycles. The van der Waals surface area contributed by atoms with Gasteiger partial charge in [0.15, 0.2) is 0 Å². The molecule has 2 rings (SSSR count). The van der Waals surface area contributed by atoms with E-state index in [2.05, 4.69) is 9.71 Å². The van der Waals surface area contributed by atoms with E-state index < -0.39 is 40.2 Å². The van der Waals surface area contributed by atoms with Gasteiger partial charge in [0.2, 0.25) is 15.8 Å². The van der Waals surface area contributed by atoms with Crippen LogP contribution in [0.2, 0.25) is 0 Å². The standard InChI is InChI=1S/C15H16N2O7S/c1-2-11-13(8-12(24-11)15(20)21)25(22,23)17-10(7-14(18)19)9-5-3-4-6-16-9/h3-6,8,10,17H,2,7H2,1H3,(H,18,19)(H,20,21). The lowest BCUT2D eigenvalue weighted by Gasteiger charge is -2.16. The number of aryl methyl sites for hydroxylation is 1. The highest BCUT2D eigenvalue weighted by Gasteiger charge is 2.29. The summed E-state index contributed by atoms with van der Waals surface area (Å²) in [6.45, 7) is 1.61. The summed E-state index contributed by atoms with van der Waals surface area (Å²) in [5.74, 6) is -3.15. The van der Waals surface area contributed by atoms with Gasteiger partial charge >= 0.3 is 11.9 Å². The first-order chi connectivity index (χ1) is 11.7. The van der Waals surface area contributed by atoms with E-state index in [0.717, 1.165) is 6.07 Å². The monoisotopic (exact) mass is 368 g/mol. The lowest BCUT2D eigenvalue weighted by atomic mass is 10.1. The van der Waals surface area contributed by atoms with Gasteiger partial charge in [-0.25, -0.2) is 17.9 Å². The van der Waals surface area contributed by atoms with Gasteiger partial charge in [0.1, 0.15) is 10.7 Å².